The van der Waals surface area contributed by atoms with Gasteiger partial charge in [0.05, 0.1) is 43.4 Å². The Morgan fingerprint density at radius 2 is 1.83 bits per heavy atom. The number of allylic oxidation sites excluding steroid dienone is 1. The second-order valence-corrected chi connectivity index (χ2v) is 6.53. The van der Waals surface area contributed by atoms with Gasteiger partial charge in [0.25, 0.3) is 5.92 Å². The number of benzene rings is 1. The maximum atomic E-state index is 13.5. The molecule has 0 saturated heterocycles. The van der Waals surface area contributed by atoms with Crippen LogP contribution in [0.5, 0.6) is 0 Å². The molecule has 1 aromatic heterocycles. The first-order valence-electron chi connectivity index (χ1n) is 8.90. The summed E-state index contributed by atoms with van der Waals surface area (Å²) in [6, 6.07) is 3.70. The van der Waals surface area contributed by atoms with Crippen molar-refractivity contribution in [1.29, 1.82) is 0 Å². The summed E-state index contributed by atoms with van der Waals surface area (Å²) in [6.07, 6.45) is 6.60. The predicted molar refractivity (Wildman–Crippen MR) is 103 cm³/mol. The first-order chi connectivity index (χ1) is 14.1. The van der Waals surface area contributed by atoms with E-state index in [0.29, 0.717) is 31.1 Å². The molecule has 0 bridgehead atoms. The van der Waals surface area contributed by atoms with Crippen LogP contribution in [0.2, 0.25) is 0 Å². The number of carboxylic acid groups (broad SMARTS) is 2. The third kappa shape index (κ3) is 6.87. The number of hydrogen-bond acceptors (Lipinski definition) is 4. The molecule has 1 aromatic carbocycles. The minimum atomic E-state index is -3.22. The number of nitrogens with zero attached hydrogens (tertiary/aromatic N) is 3. The van der Waals surface area contributed by atoms with Crippen LogP contribution in [0.4, 0.5) is 13.2 Å². The summed E-state index contributed by atoms with van der Waals surface area (Å²) >= 11 is 0. The van der Waals surface area contributed by atoms with Crippen LogP contribution in [-0.4, -0.2) is 44.2 Å². The van der Waals surface area contributed by atoms with Crippen molar-refractivity contribution >= 4 is 17.7 Å². The highest BCUT2D eigenvalue weighted by molar-refractivity contribution is 5.96. The summed E-state index contributed by atoms with van der Waals surface area (Å²) in [4.78, 5) is 23.5. The second kappa shape index (κ2) is 9.86. The molecular formula is C20H20F3N3O4. The van der Waals surface area contributed by atoms with Gasteiger partial charge in [0.2, 0.25) is 0 Å². The lowest BCUT2D eigenvalue weighted by molar-refractivity contribution is -0.143. The van der Waals surface area contributed by atoms with Crippen molar-refractivity contribution in [3.8, 4) is 11.1 Å². The Hall–Kier alpha value is -3.43. The first-order valence-corrected chi connectivity index (χ1v) is 8.90. The Balaban J connectivity index is 0.000000343. The molecule has 2 aromatic rings. The van der Waals surface area contributed by atoms with Crippen molar-refractivity contribution in [3.63, 3.8) is 0 Å². The lowest BCUT2D eigenvalue weighted by Gasteiger charge is -2.12. The van der Waals surface area contributed by atoms with Crippen LogP contribution in [0.15, 0.2) is 47.7 Å². The number of alkyl halides is 2. The quantitative estimate of drug-likeness (QED) is 0.706. The van der Waals surface area contributed by atoms with E-state index in [1.54, 1.807) is 17.1 Å². The molecule has 0 unspecified atom stereocenters. The van der Waals surface area contributed by atoms with Crippen molar-refractivity contribution in [2.75, 3.05) is 6.54 Å². The Bertz CT molecular complexity index is 964. The van der Waals surface area contributed by atoms with E-state index in [4.69, 9.17) is 10.2 Å². The maximum Gasteiger partial charge on any atom is 0.303 e. The fourth-order valence-electron chi connectivity index (χ4n) is 2.53. The molecule has 0 atom stereocenters. The third-order valence-electron chi connectivity index (χ3n) is 3.99. The molecule has 160 valence electrons. The lowest BCUT2D eigenvalue weighted by Crippen LogP contribution is -2.09. The van der Waals surface area contributed by atoms with Gasteiger partial charge in [-0.05, 0) is 23.8 Å². The van der Waals surface area contributed by atoms with Gasteiger partial charge in [-0.1, -0.05) is 12.1 Å². The van der Waals surface area contributed by atoms with E-state index < -0.39 is 29.2 Å². The van der Waals surface area contributed by atoms with Crippen LogP contribution in [0, 0.1) is 5.82 Å². The van der Waals surface area contributed by atoms with Gasteiger partial charge >= 0.3 is 11.9 Å². The van der Waals surface area contributed by atoms with Gasteiger partial charge in [0.1, 0.15) is 5.82 Å². The molecule has 0 spiro atoms. The molecule has 0 fully saturated rings. The number of carbonyl (C=O) groups is 2. The fourth-order valence-corrected chi connectivity index (χ4v) is 2.53. The summed E-state index contributed by atoms with van der Waals surface area (Å²) in [5.74, 6) is -6.28. The molecule has 1 aliphatic heterocycles. The van der Waals surface area contributed by atoms with Gasteiger partial charge in [-0.3, -0.25) is 19.3 Å². The van der Waals surface area contributed by atoms with Crippen LogP contribution < -0.4 is 0 Å². The molecule has 1 aliphatic rings. The zero-order valence-electron chi connectivity index (χ0n) is 16.1. The summed E-state index contributed by atoms with van der Waals surface area (Å²) in [5, 5.41) is 20.0. The summed E-state index contributed by atoms with van der Waals surface area (Å²) < 4.78 is 42.0. The van der Waals surface area contributed by atoms with E-state index >= 15 is 0 Å². The van der Waals surface area contributed by atoms with Crippen molar-refractivity contribution in [3.05, 3.63) is 54.1 Å². The van der Waals surface area contributed by atoms with Crippen molar-refractivity contribution in [1.82, 2.24) is 9.78 Å². The molecule has 3 rings (SSSR count). The highest BCUT2D eigenvalue weighted by atomic mass is 19.3. The molecular weight excluding hydrogens is 403 g/mol. The maximum absolute atomic E-state index is 13.5. The Morgan fingerprint density at radius 3 is 2.37 bits per heavy atom. The minimum absolute atomic E-state index is 0.296. The minimum Gasteiger partial charge on any atom is -0.481 e. The zero-order chi connectivity index (χ0) is 22.3. The number of rotatable bonds is 7. The molecule has 0 amide bonds. The van der Waals surface area contributed by atoms with E-state index in [2.05, 4.69) is 10.1 Å². The van der Waals surface area contributed by atoms with Crippen LogP contribution in [0.25, 0.3) is 11.1 Å². The molecule has 2 heterocycles. The first kappa shape index (κ1) is 22.9. The summed E-state index contributed by atoms with van der Waals surface area (Å²) in [5.41, 5.74) is 1.47. The van der Waals surface area contributed by atoms with E-state index in [1.807, 2.05) is 12.2 Å². The van der Waals surface area contributed by atoms with Gasteiger partial charge in [-0.15, -0.1) is 0 Å². The van der Waals surface area contributed by atoms with Crippen LogP contribution in [-0.2, 0) is 22.1 Å². The van der Waals surface area contributed by atoms with E-state index in [-0.39, 0.29) is 12.8 Å². The summed E-state index contributed by atoms with van der Waals surface area (Å²) in [7, 11) is 0. The fraction of sp³-hybridized carbons (Fsp3) is 0.300. The van der Waals surface area contributed by atoms with E-state index in [1.165, 1.54) is 12.1 Å². The number of halogens is 3. The average Bonchev–Trinajstić information content (AvgIpc) is 3.32. The number of hydrogen-bond donors (Lipinski definition) is 2. The molecule has 7 nitrogen and oxygen atoms in total. The molecule has 0 aliphatic carbocycles. The highest BCUT2D eigenvalue weighted by Crippen LogP contribution is 2.32. The SMILES string of the molecule is CC(F)(F)c1cc(-c2cnn(CC3=NCC=C3)c2)ccc1F.O=C(O)CCC(=O)O. The smallest absolute Gasteiger partial charge is 0.303 e. The van der Waals surface area contributed by atoms with Crippen molar-refractivity contribution in [2.45, 2.75) is 32.2 Å². The number of carboxylic acids is 2. The molecule has 0 radical (unpaired) electrons. The molecule has 2 N–H and O–H groups in total. The number of aliphatic carboxylic acids is 2. The highest BCUT2D eigenvalue weighted by Gasteiger charge is 2.28. The Kier molecular flexibility index (Phi) is 7.51. The Morgan fingerprint density at radius 1 is 1.17 bits per heavy atom. The van der Waals surface area contributed by atoms with Crippen LogP contribution in [0.3, 0.4) is 0 Å². The molecule has 10 heteroatoms. The van der Waals surface area contributed by atoms with Crippen LogP contribution >= 0.6 is 0 Å². The van der Waals surface area contributed by atoms with Gasteiger partial charge < -0.3 is 10.2 Å². The topological polar surface area (TPSA) is 105 Å². The monoisotopic (exact) mass is 423 g/mol. The predicted octanol–water partition coefficient (Wildman–Crippen LogP) is 3.75. The van der Waals surface area contributed by atoms with Crippen LogP contribution in [0.1, 0.15) is 25.3 Å². The summed E-state index contributed by atoms with van der Waals surface area (Å²) in [6.45, 7) is 1.88. The van der Waals surface area contributed by atoms with Gasteiger partial charge in [-0.2, -0.15) is 5.10 Å². The zero-order valence-corrected chi connectivity index (χ0v) is 16.1. The Labute approximate surface area is 170 Å². The van der Waals surface area contributed by atoms with Gasteiger partial charge in [0, 0.05) is 18.7 Å². The second-order valence-electron chi connectivity index (χ2n) is 6.53. The van der Waals surface area contributed by atoms with Gasteiger partial charge in [-0.25, -0.2) is 13.2 Å². The molecule has 30 heavy (non-hydrogen) atoms. The van der Waals surface area contributed by atoms with Gasteiger partial charge in [0.15, 0.2) is 0 Å². The third-order valence-corrected chi connectivity index (χ3v) is 3.99. The molecule has 0 saturated carbocycles. The van der Waals surface area contributed by atoms with Crippen molar-refractivity contribution in [2.24, 2.45) is 4.99 Å². The average molecular weight is 423 g/mol. The normalized spacial score (nSPS) is 12.9. The number of aliphatic imine (C=N–C) groups is 1. The lowest BCUT2D eigenvalue weighted by atomic mass is 10.0. The number of aromatic nitrogens is 2. The standard InChI is InChI=1S/C16H14F3N3.C4H6O4/c1-16(18,19)14-7-11(4-5-15(14)17)12-8-21-22(9-12)10-13-3-2-6-20-13;5-3(6)1-2-4(7)8/h2-5,7-9H,6,10H2,1H3;1-2H2,(H,5,6)(H,7,8). The van der Waals surface area contributed by atoms with Crippen molar-refractivity contribution < 1.29 is 33.0 Å². The van der Waals surface area contributed by atoms with E-state index in [9.17, 15) is 22.8 Å². The largest absolute Gasteiger partial charge is 0.481 e. The van der Waals surface area contributed by atoms with E-state index in [0.717, 1.165) is 11.8 Å².